The predicted molar refractivity (Wildman–Crippen MR) is 175 cm³/mol. The summed E-state index contributed by atoms with van der Waals surface area (Å²) in [5.41, 5.74) is 9.69. The lowest BCUT2D eigenvalue weighted by molar-refractivity contribution is -0.143. The minimum atomic E-state index is -1.15. The van der Waals surface area contributed by atoms with E-state index in [1.165, 1.54) is 0 Å². The molecule has 0 aromatic heterocycles. The first-order valence-corrected chi connectivity index (χ1v) is 15.5. The highest BCUT2D eigenvalue weighted by atomic mass is 16.6. The van der Waals surface area contributed by atoms with Crippen LogP contribution in [0.3, 0.4) is 0 Å². The molecule has 3 unspecified atom stereocenters. The summed E-state index contributed by atoms with van der Waals surface area (Å²) in [4.78, 5) is 55.5. The number of carbonyl (C=O) groups excluding carboxylic acids is 4. The lowest BCUT2D eigenvalue weighted by Crippen LogP contribution is -2.55. The Balaban J connectivity index is 2.74. The molecule has 0 saturated carbocycles. The maximum absolute atomic E-state index is 14.7. The summed E-state index contributed by atoms with van der Waals surface area (Å²) in [6.45, 7) is 19.1. The van der Waals surface area contributed by atoms with Gasteiger partial charge in [0, 0.05) is 18.2 Å². The molecule has 9 nitrogen and oxygen atoms in total. The van der Waals surface area contributed by atoms with Gasteiger partial charge in [-0.15, -0.1) is 0 Å². The van der Waals surface area contributed by atoms with Crippen LogP contribution in [0.2, 0.25) is 0 Å². The molecular formula is C35H52N4O5. The lowest BCUT2D eigenvalue weighted by atomic mass is 9.92. The number of nitrogens with one attached hydrogen (secondary N) is 2. The van der Waals surface area contributed by atoms with Crippen LogP contribution < -0.4 is 16.4 Å². The van der Waals surface area contributed by atoms with Gasteiger partial charge in [0.1, 0.15) is 17.7 Å². The number of para-hydroxylation sites is 1. The van der Waals surface area contributed by atoms with E-state index in [1.54, 1.807) is 25.7 Å². The molecule has 0 aliphatic carbocycles. The van der Waals surface area contributed by atoms with Crippen molar-refractivity contribution in [3.8, 4) is 0 Å². The van der Waals surface area contributed by atoms with E-state index in [0.29, 0.717) is 23.6 Å². The Hall–Kier alpha value is -3.88. The highest BCUT2D eigenvalue weighted by Crippen LogP contribution is 2.33. The number of rotatable bonds is 13. The van der Waals surface area contributed by atoms with E-state index >= 15 is 0 Å². The van der Waals surface area contributed by atoms with E-state index in [4.69, 9.17) is 10.5 Å². The van der Waals surface area contributed by atoms with Crippen molar-refractivity contribution in [1.29, 1.82) is 0 Å². The third-order valence-electron chi connectivity index (χ3n) is 7.76. The first-order chi connectivity index (χ1) is 20.4. The molecular weight excluding hydrogens is 556 g/mol. The predicted octanol–water partition coefficient (Wildman–Crippen LogP) is 6.41. The molecule has 2 aromatic carbocycles. The van der Waals surface area contributed by atoms with Gasteiger partial charge in [-0.2, -0.15) is 0 Å². The quantitative estimate of drug-likeness (QED) is 0.242. The Morgan fingerprint density at radius 2 is 1.43 bits per heavy atom. The number of hydrogen-bond acceptors (Lipinski definition) is 5. The number of ether oxygens (including phenoxy) is 1. The molecule has 0 fully saturated rings. The van der Waals surface area contributed by atoms with Crippen LogP contribution in [-0.2, 0) is 19.1 Å². The van der Waals surface area contributed by atoms with Gasteiger partial charge in [-0.3, -0.25) is 14.4 Å². The maximum atomic E-state index is 14.7. The molecule has 9 heteroatoms. The molecule has 3 atom stereocenters. The second-order valence-electron chi connectivity index (χ2n) is 13.2. The Kier molecular flexibility index (Phi) is 13.0. The van der Waals surface area contributed by atoms with Gasteiger partial charge in [0.15, 0.2) is 0 Å². The second-order valence-corrected chi connectivity index (χ2v) is 13.2. The summed E-state index contributed by atoms with van der Waals surface area (Å²) in [6, 6.07) is 8.91. The summed E-state index contributed by atoms with van der Waals surface area (Å²) in [7, 11) is 0. The van der Waals surface area contributed by atoms with Crippen molar-refractivity contribution in [2.45, 2.75) is 119 Å². The molecule has 4 N–H and O–H groups in total. The van der Waals surface area contributed by atoms with Gasteiger partial charge >= 0.3 is 6.09 Å². The van der Waals surface area contributed by atoms with E-state index < -0.39 is 41.6 Å². The molecule has 0 aliphatic heterocycles. The Labute approximate surface area is 263 Å². The number of aryl methyl sites for hydroxylation is 3. The standard InChI is InChI=1S/C35H52N4O5/c1-21(2)17-18-25(6)39(33(42)28(19-20-29(36)40)37-34(43)44-35(8,9)10)31(27-16-12-13-22(3)26(27)7)32(41)38-30-23(4)14-11-15-24(30)5/h11-16,21,25,28,31H,17-20H2,1-10H3,(H2,36,40)(H,37,43)(H,38,41). The molecule has 0 bridgehead atoms. The number of nitrogens with zero attached hydrogens (tertiary/aromatic N) is 1. The fourth-order valence-corrected chi connectivity index (χ4v) is 5.18. The largest absolute Gasteiger partial charge is 0.444 e. The van der Waals surface area contributed by atoms with E-state index in [0.717, 1.165) is 28.7 Å². The number of amides is 4. The third-order valence-corrected chi connectivity index (χ3v) is 7.76. The van der Waals surface area contributed by atoms with Gasteiger partial charge in [-0.1, -0.05) is 50.2 Å². The summed E-state index contributed by atoms with van der Waals surface area (Å²) >= 11 is 0. The molecule has 0 aliphatic rings. The van der Waals surface area contributed by atoms with Gasteiger partial charge in [0.05, 0.1) is 0 Å². The molecule has 0 heterocycles. The second kappa shape index (κ2) is 15.7. The number of anilines is 1. The van der Waals surface area contributed by atoms with E-state index in [9.17, 15) is 19.2 Å². The van der Waals surface area contributed by atoms with Gasteiger partial charge < -0.3 is 26.0 Å². The molecule has 0 spiro atoms. The van der Waals surface area contributed by atoms with Crippen molar-refractivity contribution in [2.24, 2.45) is 11.7 Å². The summed E-state index contributed by atoms with van der Waals surface area (Å²) in [5.74, 6) is -1.10. The van der Waals surface area contributed by atoms with Crippen molar-refractivity contribution in [1.82, 2.24) is 10.2 Å². The lowest BCUT2D eigenvalue weighted by Gasteiger charge is -2.39. The molecule has 2 rings (SSSR count). The molecule has 0 saturated heterocycles. The van der Waals surface area contributed by atoms with Gasteiger partial charge in [0.2, 0.25) is 11.8 Å². The molecule has 4 amide bonds. The fraction of sp³-hybridized carbons (Fsp3) is 0.543. The average Bonchev–Trinajstić information content (AvgIpc) is 2.90. The van der Waals surface area contributed by atoms with Crippen molar-refractivity contribution in [3.05, 3.63) is 64.2 Å². The molecule has 0 radical (unpaired) electrons. The van der Waals surface area contributed by atoms with Crippen molar-refractivity contribution >= 4 is 29.5 Å². The van der Waals surface area contributed by atoms with Crippen LogP contribution in [0.5, 0.6) is 0 Å². The van der Waals surface area contributed by atoms with Crippen molar-refractivity contribution < 1.29 is 23.9 Å². The van der Waals surface area contributed by atoms with Crippen LogP contribution in [-0.4, -0.2) is 46.4 Å². The van der Waals surface area contributed by atoms with Crippen LogP contribution in [0.4, 0.5) is 10.5 Å². The molecule has 2 aromatic rings. The van der Waals surface area contributed by atoms with E-state index in [1.807, 2.05) is 71.0 Å². The molecule has 44 heavy (non-hydrogen) atoms. The number of alkyl carbamates (subject to hydrolysis) is 1. The monoisotopic (exact) mass is 608 g/mol. The Bertz CT molecular complexity index is 1310. The fourth-order valence-electron chi connectivity index (χ4n) is 5.18. The van der Waals surface area contributed by atoms with E-state index in [-0.39, 0.29) is 18.7 Å². The van der Waals surface area contributed by atoms with Crippen LogP contribution in [0, 0.1) is 33.6 Å². The number of hydrogen-bond donors (Lipinski definition) is 3. The SMILES string of the molecule is Cc1cccc(C(C(=O)Nc2c(C)cccc2C)N(C(=O)C(CCC(N)=O)NC(=O)OC(C)(C)C)C(C)CCC(C)C)c1C. The summed E-state index contributed by atoms with van der Waals surface area (Å²) in [5, 5.41) is 5.80. The van der Waals surface area contributed by atoms with Gasteiger partial charge in [0.25, 0.3) is 5.91 Å². The highest BCUT2D eigenvalue weighted by Gasteiger charge is 2.40. The minimum Gasteiger partial charge on any atom is -0.444 e. The van der Waals surface area contributed by atoms with Gasteiger partial charge in [-0.25, -0.2) is 4.79 Å². The normalized spacial score (nSPS) is 13.5. The van der Waals surface area contributed by atoms with Crippen LogP contribution in [0.15, 0.2) is 36.4 Å². The zero-order valence-electron chi connectivity index (χ0n) is 28.2. The maximum Gasteiger partial charge on any atom is 0.408 e. The Morgan fingerprint density at radius 1 is 0.864 bits per heavy atom. The zero-order valence-corrected chi connectivity index (χ0v) is 28.2. The Morgan fingerprint density at radius 3 is 1.98 bits per heavy atom. The molecule has 242 valence electrons. The smallest absolute Gasteiger partial charge is 0.408 e. The van der Waals surface area contributed by atoms with Crippen LogP contribution in [0.1, 0.15) is 101 Å². The van der Waals surface area contributed by atoms with E-state index in [2.05, 4.69) is 24.5 Å². The highest BCUT2D eigenvalue weighted by molar-refractivity contribution is 6.00. The number of benzene rings is 2. The topological polar surface area (TPSA) is 131 Å². The summed E-state index contributed by atoms with van der Waals surface area (Å²) in [6.07, 6.45) is 0.464. The van der Waals surface area contributed by atoms with Gasteiger partial charge in [-0.05, 0) is 108 Å². The third kappa shape index (κ3) is 10.4. The summed E-state index contributed by atoms with van der Waals surface area (Å²) < 4.78 is 5.46. The van der Waals surface area contributed by atoms with Crippen LogP contribution >= 0.6 is 0 Å². The number of primary amides is 1. The van der Waals surface area contributed by atoms with Crippen LogP contribution in [0.25, 0.3) is 0 Å². The average molecular weight is 609 g/mol. The first kappa shape index (κ1) is 36.3. The first-order valence-electron chi connectivity index (χ1n) is 15.5. The number of nitrogens with two attached hydrogens (primary N) is 1. The van der Waals surface area contributed by atoms with Crippen molar-refractivity contribution in [3.63, 3.8) is 0 Å². The number of carbonyl (C=O) groups is 4. The minimum absolute atomic E-state index is 0.0428. The van der Waals surface area contributed by atoms with Crippen molar-refractivity contribution in [2.75, 3.05) is 5.32 Å². The zero-order chi connectivity index (χ0) is 33.4.